The number of aliphatic carboxylic acids is 1. The maximum absolute atomic E-state index is 10.9. The highest BCUT2D eigenvalue weighted by Crippen LogP contribution is 2.12. The lowest BCUT2D eigenvalue weighted by molar-refractivity contribution is -0.138. The zero-order valence-electron chi connectivity index (χ0n) is 8.21. The van der Waals surface area contributed by atoms with E-state index < -0.39 is 12.0 Å². The fourth-order valence-electron chi connectivity index (χ4n) is 1.27. The van der Waals surface area contributed by atoms with Crippen LogP contribution in [-0.4, -0.2) is 34.1 Å². The topological polar surface area (TPSA) is 66.3 Å². The summed E-state index contributed by atoms with van der Waals surface area (Å²) in [4.78, 5) is 20.2. The second-order valence-electron chi connectivity index (χ2n) is 2.94. The van der Waals surface area contributed by atoms with Crippen LogP contribution in [0, 0.1) is 0 Å². The first-order valence-corrected chi connectivity index (χ1v) is 4.38. The van der Waals surface area contributed by atoms with E-state index in [2.05, 4.69) is 9.97 Å². The van der Waals surface area contributed by atoms with Crippen molar-refractivity contribution in [3.05, 3.63) is 18.6 Å². The molecule has 0 aliphatic carbocycles. The number of rotatable bonds is 4. The quantitative estimate of drug-likeness (QED) is 0.768. The molecule has 1 aromatic heterocycles. The average Bonchev–Trinajstić information content (AvgIpc) is 2.19. The summed E-state index contributed by atoms with van der Waals surface area (Å²) < 4.78 is 0. The maximum Gasteiger partial charge on any atom is 0.326 e. The molecule has 0 bridgehead atoms. The summed E-state index contributed by atoms with van der Waals surface area (Å²) in [5.74, 6) is -0.220. The Hall–Kier alpha value is -1.65. The number of carboxylic acid groups (broad SMARTS) is 1. The molecule has 0 spiro atoms. The fraction of sp³-hybridized carbons (Fsp3) is 0.444. The summed E-state index contributed by atoms with van der Waals surface area (Å²) in [6.45, 7) is 1.83. The highest BCUT2D eigenvalue weighted by atomic mass is 16.4. The predicted molar refractivity (Wildman–Crippen MR) is 52.1 cm³/mol. The van der Waals surface area contributed by atoms with Gasteiger partial charge in [-0.25, -0.2) is 14.8 Å². The van der Waals surface area contributed by atoms with Crippen molar-refractivity contribution in [1.29, 1.82) is 0 Å². The van der Waals surface area contributed by atoms with Crippen molar-refractivity contribution in [2.24, 2.45) is 0 Å². The second-order valence-corrected chi connectivity index (χ2v) is 2.94. The van der Waals surface area contributed by atoms with E-state index in [0.717, 1.165) is 0 Å². The molecule has 0 aliphatic rings. The summed E-state index contributed by atoms with van der Waals surface area (Å²) in [5.41, 5.74) is 0. The maximum atomic E-state index is 10.9. The van der Waals surface area contributed by atoms with Gasteiger partial charge in [-0.3, -0.25) is 0 Å². The van der Waals surface area contributed by atoms with Gasteiger partial charge < -0.3 is 10.0 Å². The number of likely N-dealkylation sites (N-methyl/N-ethyl adjacent to an activating group) is 1. The van der Waals surface area contributed by atoms with E-state index in [1.54, 1.807) is 24.2 Å². The summed E-state index contributed by atoms with van der Waals surface area (Å²) in [7, 11) is 1.71. The Morgan fingerprint density at radius 2 is 2.43 bits per heavy atom. The Bertz CT molecular complexity index is 302. The molecular weight excluding hydrogens is 182 g/mol. The van der Waals surface area contributed by atoms with Crippen molar-refractivity contribution >= 4 is 11.8 Å². The first-order chi connectivity index (χ1) is 6.66. The van der Waals surface area contributed by atoms with Crippen molar-refractivity contribution < 1.29 is 9.90 Å². The monoisotopic (exact) mass is 195 g/mol. The van der Waals surface area contributed by atoms with Crippen LogP contribution in [0.15, 0.2) is 18.6 Å². The van der Waals surface area contributed by atoms with Gasteiger partial charge >= 0.3 is 5.97 Å². The van der Waals surface area contributed by atoms with Gasteiger partial charge in [0.2, 0.25) is 0 Å². The first-order valence-electron chi connectivity index (χ1n) is 4.38. The second kappa shape index (κ2) is 4.55. The zero-order chi connectivity index (χ0) is 10.6. The summed E-state index contributed by atoms with van der Waals surface area (Å²) >= 11 is 0. The van der Waals surface area contributed by atoms with Crippen molar-refractivity contribution in [3.8, 4) is 0 Å². The van der Waals surface area contributed by atoms with Crippen molar-refractivity contribution in [2.75, 3.05) is 11.9 Å². The van der Waals surface area contributed by atoms with Crippen LogP contribution in [0.4, 0.5) is 5.82 Å². The molecule has 0 fully saturated rings. The van der Waals surface area contributed by atoms with E-state index in [9.17, 15) is 4.79 Å². The van der Waals surface area contributed by atoms with Gasteiger partial charge in [0.05, 0.1) is 0 Å². The Kier molecular flexibility index (Phi) is 3.39. The molecule has 1 heterocycles. The third-order valence-corrected chi connectivity index (χ3v) is 2.07. The highest BCUT2D eigenvalue weighted by Gasteiger charge is 2.21. The van der Waals surface area contributed by atoms with E-state index in [0.29, 0.717) is 12.2 Å². The number of hydrogen-bond donors (Lipinski definition) is 1. The van der Waals surface area contributed by atoms with Gasteiger partial charge in [-0.05, 0) is 12.5 Å². The number of nitrogens with zero attached hydrogens (tertiary/aromatic N) is 3. The molecule has 1 atom stereocenters. The van der Waals surface area contributed by atoms with E-state index in [-0.39, 0.29) is 0 Å². The van der Waals surface area contributed by atoms with Crippen LogP contribution in [0.2, 0.25) is 0 Å². The summed E-state index contributed by atoms with van der Waals surface area (Å²) in [6, 6.07) is 1.15. The van der Waals surface area contributed by atoms with E-state index in [4.69, 9.17) is 5.11 Å². The molecular formula is C9H13N3O2. The van der Waals surface area contributed by atoms with Crippen LogP contribution in [-0.2, 0) is 4.79 Å². The number of carbonyl (C=O) groups is 1. The third kappa shape index (κ3) is 2.18. The Balaban J connectivity index is 2.83. The minimum absolute atomic E-state index is 0.537. The predicted octanol–water partition coefficient (Wildman–Crippen LogP) is 0.776. The van der Waals surface area contributed by atoms with Gasteiger partial charge in [-0.1, -0.05) is 6.92 Å². The number of carboxylic acids is 1. The van der Waals surface area contributed by atoms with Crippen LogP contribution in [0.3, 0.4) is 0 Å². The lowest BCUT2D eigenvalue weighted by Gasteiger charge is -2.24. The van der Waals surface area contributed by atoms with E-state index in [1.165, 1.54) is 6.33 Å². The van der Waals surface area contributed by atoms with Gasteiger partial charge in [0.15, 0.2) is 0 Å². The third-order valence-electron chi connectivity index (χ3n) is 2.07. The minimum Gasteiger partial charge on any atom is -0.480 e. The Labute approximate surface area is 82.4 Å². The normalized spacial score (nSPS) is 12.1. The van der Waals surface area contributed by atoms with Crippen LogP contribution in [0.25, 0.3) is 0 Å². The molecule has 0 aromatic carbocycles. The molecule has 1 unspecified atom stereocenters. The lowest BCUT2D eigenvalue weighted by atomic mass is 10.2. The molecule has 5 heteroatoms. The van der Waals surface area contributed by atoms with Gasteiger partial charge in [0.1, 0.15) is 18.2 Å². The minimum atomic E-state index is -0.839. The molecule has 76 valence electrons. The van der Waals surface area contributed by atoms with Crippen molar-refractivity contribution in [2.45, 2.75) is 19.4 Å². The first kappa shape index (κ1) is 10.4. The molecule has 1 aromatic rings. The molecule has 14 heavy (non-hydrogen) atoms. The number of hydrogen-bond acceptors (Lipinski definition) is 4. The molecule has 0 radical (unpaired) electrons. The average molecular weight is 195 g/mol. The van der Waals surface area contributed by atoms with Crippen LogP contribution in [0.5, 0.6) is 0 Å². The molecule has 1 rings (SSSR count). The van der Waals surface area contributed by atoms with Gasteiger partial charge in [0.25, 0.3) is 0 Å². The molecule has 0 saturated carbocycles. The van der Waals surface area contributed by atoms with E-state index in [1.807, 2.05) is 6.92 Å². The van der Waals surface area contributed by atoms with E-state index >= 15 is 0 Å². The number of anilines is 1. The van der Waals surface area contributed by atoms with Crippen LogP contribution < -0.4 is 4.90 Å². The summed E-state index contributed by atoms with van der Waals surface area (Å²) in [6.07, 6.45) is 3.53. The van der Waals surface area contributed by atoms with Gasteiger partial charge in [0, 0.05) is 13.2 Å². The zero-order valence-corrected chi connectivity index (χ0v) is 8.21. The number of aromatic nitrogens is 2. The van der Waals surface area contributed by atoms with Crippen LogP contribution >= 0.6 is 0 Å². The van der Waals surface area contributed by atoms with Crippen LogP contribution in [0.1, 0.15) is 13.3 Å². The molecule has 5 nitrogen and oxygen atoms in total. The standard InChI is InChI=1S/C9H13N3O2/c1-3-7(9(13)14)12(2)8-4-5-10-6-11-8/h4-7H,3H2,1-2H3,(H,13,14). The van der Waals surface area contributed by atoms with Crippen molar-refractivity contribution in [3.63, 3.8) is 0 Å². The van der Waals surface area contributed by atoms with Crippen molar-refractivity contribution in [1.82, 2.24) is 9.97 Å². The molecule has 0 saturated heterocycles. The lowest BCUT2D eigenvalue weighted by Crippen LogP contribution is -2.38. The Morgan fingerprint density at radius 3 is 2.86 bits per heavy atom. The largest absolute Gasteiger partial charge is 0.480 e. The summed E-state index contributed by atoms with van der Waals surface area (Å²) in [5, 5.41) is 8.92. The highest BCUT2D eigenvalue weighted by molar-refractivity contribution is 5.77. The fourth-order valence-corrected chi connectivity index (χ4v) is 1.27. The smallest absolute Gasteiger partial charge is 0.326 e. The SMILES string of the molecule is CCC(C(=O)O)N(C)c1ccncn1. The van der Waals surface area contributed by atoms with Gasteiger partial charge in [-0.2, -0.15) is 0 Å². The molecule has 0 amide bonds. The molecule has 1 N–H and O–H groups in total. The Morgan fingerprint density at radius 1 is 1.71 bits per heavy atom. The van der Waals surface area contributed by atoms with Gasteiger partial charge in [-0.15, -0.1) is 0 Å². The molecule has 0 aliphatic heterocycles.